The molecule has 0 bridgehead atoms. The molecule has 3 N–H and O–H groups in total. The van der Waals surface area contributed by atoms with Crippen LogP contribution >= 0.6 is 0 Å². The van der Waals surface area contributed by atoms with E-state index in [1.165, 1.54) is 0 Å². The maximum absolute atomic E-state index is 13.3. The summed E-state index contributed by atoms with van der Waals surface area (Å²) in [5.41, 5.74) is 5.58. The Labute approximate surface area is 218 Å². The van der Waals surface area contributed by atoms with Crippen molar-refractivity contribution in [2.24, 2.45) is 0 Å². The van der Waals surface area contributed by atoms with Gasteiger partial charge in [-0.15, -0.1) is 0 Å². The number of anilines is 2. The number of nitrogens with two attached hydrogens (primary N) is 1. The normalized spacial score (nSPS) is 19.4. The second kappa shape index (κ2) is 10.4. The Kier molecular flexibility index (Phi) is 7.19. The summed E-state index contributed by atoms with van der Waals surface area (Å²) < 4.78 is 57.2. The minimum atomic E-state index is -4.53. The molecule has 0 aliphatic carbocycles. The lowest BCUT2D eigenvalue weighted by Crippen LogP contribution is -2.52. The summed E-state index contributed by atoms with van der Waals surface area (Å²) in [5.74, 6) is 1.81. The van der Waals surface area contributed by atoms with Crippen LogP contribution in [0.25, 0.3) is 10.9 Å². The van der Waals surface area contributed by atoms with E-state index in [1.807, 2.05) is 6.07 Å². The topological polar surface area (TPSA) is 108 Å². The summed E-state index contributed by atoms with van der Waals surface area (Å²) in [6.07, 6.45) is -2.37. The van der Waals surface area contributed by atoms with Gasteiger partial charge in [-0.1, -0.05) is 0 Å². The van der Waals surface area contributed by atoms with E-state index in [4.69, 9.17) is 19.9 Å². The number of fused-ring (bicyclic) bond motifs is 1. The molecule has 2 aliphatic rings. The van der Waals surface area contributed by atoms with Crippen molar-refractivity contribution in [3.05, 3.63) is 41.3 Å². The van der Waals surface area contributed by atoms with Crippen LogP contribution in [0.15, 0.2) is 24.3 Å². The minimum Gasteiger partial charge on any atom is -0.493 e. The van der Waals surface area contributed by atoms with Crippen molar-refractivity contribution in [3.63, 3.8) is 0 Å². The van der Waals surface area contributed by atoms with Crippen molar-refractivity contribution in [1.82, 2.24) is 19.9 Å². The first-order chi connectivity index (χ1) is 18.1. The number of methoxy groups -OCH3 is 1. The van der Waals surface area contributed by atoms with Gasteiger partial charge in [0.2, 0.25) is 0 Å². The Morgan fingerprint density at radius 1 is 1.16 bits per heavy atom. The van der Waals surface area contributed by atoms with Gasteiger partial charge < -0.3 is 25.3 Å². The number of aryl methyl sites for hydroxylation is 1. The van der Waals surface area contributed by atoms with E-state index in [0.29, 0.717) is 46.7 Å². The van der Waals surface area contributed by atoms with Gasteiger partial charge in [-0.3, -0.25) is 4.90 Å². The maximum Gasteiger partial charge on any atom is 0.416 e. The lowest BCUT2D eigenvalue weighted by atomic mass is 10.1. The van der Waals surface area contributed by atoms with Crippen molar-refractivity contribution in [2.75, 3.05) is 44.5 Å². The Balaban J connectivity index is 1.42. The standard InChI is InChI=1S/C26H31F3N6O3/c1-14(20-7-16(26(27,28)29)8-24(30)34-20)31-25-19-9-23(22(36-3)10-21(19)32-15(2)33-25)38-13-17-5-4-6-35(17)18-11-37-12-18/h7-10,14,17-18H,4-6,11-13H2,1-3H3,(H2,30,34)(H,31,32,33)/t14-,17+/m1/s1. The summed E-state index contributed by atoms with van der Waals surface area (Å²) in [5, 5.41) is 3.84. The first-order valence-corrected chi connectivity index (χ1v) is 12.6. The molecule has 3 aromatic rings. The van der Waals surface area contributed by atoms with Gasteiger partial charge in [0.15, 0.2) is 11.5 Å². The fourth-order valence-corrected chi connectivity index (χ4v) is 4.99. The third-order valence-corrected chi connectivity index (χ3v) is 7.03. The van der Waals surface area contributed by atoms with Gasteiger partial charge in [0, 0.05) is 17.5 Å². The number of benzene rings is 1. The number of rotatable bonds is 8. The Bertz CT molecular complexity index is 1320. The van der Waals surface area contributed by atoms with Crippen LogP contribution in [-0.2, 0) is 10.9 Å². The maximum atomic E-state index is 13.3. The number of likely N-dealkylation sites (tertiary alicyclic amines) is 1. The van der Waals surface area contributed by atoms with E-state index in [0.717, 1.165) is 44.7 Å². The molecule has 2 aromatic heterocycles. The lowest BCUT2D eigenvalue weighted by molar-refractivity contribution is -0.137. The Morgan fingerprint density at radius 2 is 1.95 bits per heavy atom. The first-order valence-electron chi connectivity index (χ1n) is 12.6. The Morgan fingerprint density at radius 3 is 2.63 bits per heavy atom. The first kappa shape index (κ1) is 26.2. The van der Waals surface area contributed by atoms with Crippen LogP contribution < -0.4 is 20.5 Å². The van der Waals surface area contributed by atoms with Crippen LogP contribution in [0.2, 0.25) is 0 Å². The Hall–Kier alpha value is -3.38. The van der Waals surface area contributed by atoms with Crippen molar-refractivity contribution in [2.45, 2.75) is 51.0 Å². The van der Waals surface area contributed by atoms with Gasteiger partial charge in [-0.2, -0.15) is 13.2 Å². The highest BCUT2D eigenvalue weighted by Crippen LogP contribution is 2.37. The second-order valence-electron chi connectivity index (χ2n) is 9.75. The molecule has 1 aromatic carbocycles. The highest BCUT2D eigenvalue weighted by Gasteiger charge is 2.35. The van der Waals surface area contributed by atoms with Crippen LogP contribution in [0.1, 0.15) is 42.9 Å². The molecule has 0 spiro atoms. The van der Waals surface area contributed by atoms with Gasteiger partial charge >= 0.3 is 6.18 Å². The smallest absolute Gasteiger partial charge is 0.416 e. The fraction of sp³-hybridized carbons (Fsp3) is 0.500. The molecule has 204 valence electrons. The van der Waals surface area contributed by atoms with Gasteiger partial charge in [0.25, 0.3) is 0 Å². The zero-order chi connectivity index (χ0) is 27.0. The zero-order valence-corrected chi connectivity index (χ0v) is 21.5. The number of hydrogen-bond acceptors (Lipinski definition) is 9. The van der Waals surface area contributed by atoms with Gasteiger partial charge in [0.1, 0.15) is 24.1 Å². The van der Waals surface area contributed by atoms with Crippen LogP contribution in [0.3, 0.4) is 0 Å². The van der Waals surface area contributed by atoms with Crippen LogP contribution in [0, 0.1) is 6.92 Å². The minimum absolute atomic E-state index is 0.146. The van der Waals surface area contributed by atoms with Crippen molar-refractivity contribution in [3.8, 4) is 11.5 Å². The molecule has 5 rings (SSSR count). The van der Waals surface area contributed by atoms with E-state index in [1.54, 1.807) is 27.0 Å². The second-order valence-corrected chi connectivity index (χ2v) is 9.75. The molecule has 4 heterocycles. The zero-order valence-electron chi connectivity index (χ0n) is 21.5. The number of hydrogen-bond donors (Lipinski definition) is 2. The average molecular weight is 533 g/mol. The molecule has 0 radical (unpaired) electrons. The third kappa shape index (κ3) is 5.41. The number of halogens is 3. The molecule has 2 atom stereocenters. The molecule has 0 amide bonds. The van der Waals surface area contributed by atoms with Crippen molar-refractivity contribution in [1.29, 1.82) is 0 Å². The van der Waals surface area contributed by atoms with Crippen LogP contribution in [-0.4, -0.2) is 65.4 Å². The van der Waals surface area contributed by atoms with E-state index < -0.39 is 17.8 Å². The van der Waals surface area contributed by atoms with E-state index in [2.05, 4.69) is 25.2 Å². The fourth-order valence-electron chi connectivity index (χ4n) is 4.99. The summed E-state index contributed by atoms with van der Waals surface area (Å²) >= 11 is 0. The monoisotopic (exact) mass is 532 g/mol. The molecule has 2 saturated heterocycles. The highest BCUT2D eigenvalue weighted by atomic mass is 19.4. The number of nitrogens with one attached hydrogen (secondary N) is 1. The highest BCUT2D eigenvalue weighted by molar-refractivity contribution is 5.92. The molecule has 9 nitrogen and oxygen atoms in total. The number of pyridine rings is 1. The van der Waals surface area contributed by atoms with Crippen LogP contribution in [0.4, 0.5) is 24.8 Å². The summed E-state index contributed by atoms with van der Waals surface area (Å²) in [6, 6.07) is 5.50. The summed E-state index contributed by atoms with van der Waals surface area (Å²) in [4.78, 5) is 15.6. The number of alkyl halides is 3. The van der Waals surface area contributed by atoms with E-state index in [9.17, 15) is 13.2 Å². The largest absolute Gasteiger partial charge is 0.493 e. The molecular weight excluding hydrogens is 501 g/mol. The van der Waals surface area contributed by atoms with Gasteiger partial charge in [-0.25, -0.2) is 15.0 Å². The number of nitrogen functional groups attached to an aromatic ring is 1. The molecule has 2 fully saturated rings. The third-order valence-electron chi connectivity index (χ3n) is 7.03. The molecular formula is C26H31F3N6O3. The average Bonchev–Trinajstić information content (AvgIpc) is 3.27. The summed E-state index contributed by atoms with van der Waals surface area (Å²) in [7, 11) is 1.57. The SMILES string of the molecule is COc1cc2nc(C)nc(N[C@H](C)c3cc(C(F)(F)F)cc(N)n3)c2cc1OC[C@@H]1CCCN1C1COC1. The van der Waals surface area contributed by atoms with E-state index in [-0.39, 0.29) is 17.6 Å². The predicted octanol–water partition coefficient (Wildman–Crippen LogP) is 4.36. The number of nitrogens with zero attached hydrogens (tertiary/aromatic N) is 4. The van der Waals surface area contributed by atoms with Crippen LogP contribution in [0.5, 0.6) is 11.5 Å². The lowest BCUT2D eigenvalue weighted by Gasteiger charge is -2.38. The number of ether oxygens (including phenoxy) is 3. The van der Waals surface area contributed by atoms with Gasteiger partial charge in [0.05, 0.1) is 49.2 Å². The predicted molar refractivity (Wildman–Crippen MR) is 136 cm³/mol. The van der Waals surface area contributed by atoms with Crippen molar-refractivity contribution >= 4 is 22.5 Å². The summed E-state index contributed by atoms with van der Waals surface area (Å²) in [6.45, 7) is 6.48. The molecule has 12 heteroatoms. The molecule has 0 unspecified atom stereocenters. The quantitative estimate of drug-likeness (QED) is 0.438. The van der Waals surface area contributed by atoms with E-state index >= 15 is 0 Å². The van der Waals surface area contributed by atoms with Crippen molar-refractivity contribution < 1.29 is 27.4 Å². The molecule has 2 aliphatic heterocycles. The van der Waals surface area contributed by atoms with Gasteiger partial charge in [-0.05, 0) is 51.4 Å². The number of aromatic nitrogens is 3. The molecule has 0 saturated carbocycles. The molecule has 38 heavy (non-hydrogen) atoms.